The molecule has 0 radical (unpaired) electrons. The lowest BCUT2D eigenvalue weighted by atomic mass is 10.2. The van der Waals surface area contributed by atoms with E-state index in [1.54, 1.807) is 18.2 Å². The highest BCUT2D eigenvalue weighted by Crippen LogP contribution is 2.19. The average Bonchev–Trinajstić information content (AvgIpc) is 2.57. The first-order valence-corrected chi connectivity index (χ1v) is 9.97. The van der Waals surface area contributed by atoms with E-state index < -0.39 is 10.0 Å². The maximum absolute atomic E-state index is 12.3. The van der Waals surface area contributed by atoms with Crippen LogP contribution in [0.1, 0.15) is 18.9 Å². The van der Waals surface area contributed by atoms with Gasteiger partial charge in [0.1, 0.15) is 0 Å². The van der Waals surface area contributed by atoms with Crippen LogP contribution in [0.5, 0.6) is 0 Å². The summed E-state index contributed by atoms with van der Waals surface area (Å²) in [6.45, 7) is 3.13. The minimum atomic E-state index is -3.75. The third-order valence-corrected chi connectivity index (χ3v) is 5.30. The lowest BCUT2D eigenvalue weighted by Crippen LogP contribution is -2.28. The molecule has 2 aromatic rings. The van der Waals surface area contributed by atoms with Crippen LogP contribution in [0.2, 0.25) is 5.02 Å². The molecule has 0 unspecified atom stereocenters. The highest BCUT2D eigenvalue weighted by molar-refractivity contribution is 7.89. The molecule has 2 aromatic carbocycles. The summed E-state index contributed by atoms with van der Waals surface area (Å²) in [6, 6.07) is 10.8. The first-order chi connectivity index (χ1) is 12.7. The number of halogens is 1. The maximum Gasteiger partial charge on any atom is 0.240 e. The molecular weight excluding hydrogens is 390 g/mol. The van der Waals surface area contributed by atoms with Gasteiger partial charge in [-0.2, -0.15) is 0 Å². The van der Waals surface area contributed by atoms with Crippen molar-refractivity contribution in [3.63, 3.8) is 0 Å². The van der Waals surface area contributed by atoms with Crippen molar-refractivity contribution in [1.29, 1.82) is 0 Å². The summed E-state index contributed by atoms with van der Waals surface area (Å²) in [5.41, 5.74) is 1.94. The zero-order valence-corrected chi connectivity index (χ0v) is 16.4. The summed E-state index contributed by atoms with van der Waals surface area (Å²) < 4.78 is 26.9. The average molecular weight is 410 g/mol. The number of benzene rings is 2. The molecule has 0 aliphatic rings. The van der Waals surface area contributed by atoms with Gasteiger partial charge >= 0.3 is 0 Å². The molecule has 0 saturated heterocycles. The van der Waals surface area contributed by atoms with Crippen molar-refractivity contribution in [1.82, 2.24) is 4.72 Å². The molecule has 0 aliphatic carbocycles. The SMILES string of the molecule is CC(=O)Nc1ccc(S(=O)(=O)NCCC(=O)Nc2ccc(Cl)cc2C)cc1. The molecule has 0 spiro atoms. The number of rotatable bonds is 7. The number of sulfonamides is 1. The summed E-state index contributed by atoms with van der Waals surface area (Å²) in [5, 5.41) is 5.85. The van der Waals surface area contributed by atoms with Gasteiger partial charge in [0, 0.05) is 36.3 Å². The van der Waals surface area contributed by atoms with Crippen molar-refractivity contribution in [2.24, 2.45) is 0 Å². The molecule has 0 heterocycles. The van der Waals surface area contributed by atoms with Gasteiger partial charge in [0.05, 0.1) is 4.90 Å². The quantitative estimate of drug-likeness (QED) is 0.653. The normalized spacial score (nSPS) is 11.1. The van der Waals surface area contributed by atoms with E-state index in [0.29, 0.717) is 16.4 Å². The van der Waals surface area contributed by atoms with E-state index in [1.165, 1.54) is 31.2 Å². The van der Waals surface area contributed by atoms with Gasteiger partial charge in [0.25, 0.3) is 0 Å². The van der Waals surface area contributed by atoms with Gasteiger partial charge in [0.15, 0.2) is 0 Å². The molecule has 2 rings (SSSR count). The van der Waals surface area contributed by atoms with E-state index in [9.17, 15) is 18.0 Å². The van der Waals surface area contributed by atoms with Crippen LogP contribution in [0.25, 0.3) is 0 Å². The smallest absolute Gasteiger partial charge is 0.240 e. The van der Waals surface area contributed by atoms with Crippen molar-refractivity contribution < 1.29 is 18.0 Å². The standard InChI is InChI=1S/C18H20ClN3O4S/c1-12-11-14(19)3-8-17(12)22-18(24)9-10-20-27(25,26)16-6-4-15(5-7-16)21-13(2)23/h3-8,11,20H,9-10H2,1-2H3,(H,21,23)(H,22,24). The summed E-state index contributed by atoms with van der Waals surface area (Å²) >= 11 is 5.87. The van der Waals surface area contributed by atoms with Crippen LogP contribution in [0.15, 0.2) is 47.4 Å². The Bertz CT molecular complexity index is 944. The monoisotopic (exact) mass is 409 g/mol. The van der Waals surface area contributed by atoms with E-state index in [2.05, 4.69) is 15.4 Å². The fourth-order valence-corrected chi connectivity index (χ4v) is 3.54. The Morgan fingerprint density at radius 2 is 1.70 bits per heavy atom. The largest absolute Gasteiger partial charge is 0.326 e. The van der Waals surface area contributed by atoms with Crippen molar-refractivity contribution in [3.8, 4) is 0 Å². The lowest BCUT2D eigenvalue weighted by Gasteiger charge is -2.10. The Kier molecular flexibility index (Phi) is 6.95. The minimum Gasteiger partial charge on any atom is -0.326 e. The number of carbonyl (C=O) groups excluding carboxylic acids is 2. The van der Waals surface area contributed by atoms with E-state index >= 15 is 0 Å². The van der Waals surface area contributed by atoms with Gasteiger partial charge in [-0.3, -0.25) is 9.59 Å². The van der Waals surface area contributed by atoms with E-state index in [0.717, 1.165) is 5.56 Å². The van der Waals surface area contributed by atoms with Gasteiger partial charge in [-0.1, -0.05) is 11.6 Å². The number of hydrogen-bond acceptors (Lipinski definition) is 4. The van der Waals surface area contributed by atoms with Crippen molar-refractivity contribution in [3.05, 3.63) is 53.1 Å². The summed E-state index contributed by atoms with van der Waals surface area (Å²) in [7, 11) is -3.75. The van der Waals surface area contributed by atoms with Gasteiger partial charge < -0.3 is 10.6 Å². The zero-order chi connectivity index (χ0) is 20.0. The number of hydrogen-bond donors (Lipinski definition) is 3. The molecule has 0 aromatic heterocycles. The second-order valence-corrected chi connectivity index (χ2v) is 8.06. The van der Waals surface area contributed by atoms with Crippen LogP contribution in [-0.2, 0) is 19.6 Å². The van der Waals surface area contributed by atoms with Crippen molar-refractivity contribution in [2.45, 2.75) is 25.2 Å². The molecule has 0 saturated carbocycles. The highest BCUT2D eigenvalue weighted by Gasteiger charge is 2.14. The fourth-order valence-electron chi connectivity index (χ4n) is 2.28. The second kappa shape index (κ2) is 8.98. The molecule has 3 N–H and O–H groups in total. The topological polar surface area (TPSA) is 104 Å². The molecule has 0 bridgehead atoms. The predicted molar refractivity (Wildman–Crippen MR) is 105 cm³/mol. The number of carbonyl (C=O) groups is 2. The van der Waals surface area contributed by atoms with E-state index in [4.69, 9.17) is 11.6 Å². The molecule has 0 aliphatic heterocycles. The van der Waals surface area contributed by atoms with E-state index in [-0.39, 0.29) is 29.7 Å². The Balaban J connectivity index is 1.89. The Hall–Kier alpha value is -2.42. The Morgan fingerprint density at radius 3 is 2.30 bits per heavy atom. The number of amides is 2. The molecule has 144 valence electrons. The van der Waals surface area contributed by atoms with Gasteiger partial charge in [0.2, 0.25) is 21.8 Å². The predicted octanol–water partition coefficient (Wildman–Crippen LogP) is 2.91. The second-order valence-electron chi connectivity index (χ2n) is 5.86. The van der Waals surface area contributed by atoms with Crippen LogP contribution in [0, 0.1) is 6.92 Å². The molecule has 0 fully saturated rings. The first kappa shape index (κ1) is 20.9. The molecular formula is C18H20ClN3O4S. The number of nitrogens with one attached hydrogen (secondary N) is 3. The van der Waals surface area contributed by atoms with Gasteiger partial charge in [-0.25, -0.2) is 13.1 Å². The van der Waals surface area contributed by atoms with Crippen LogP contribution in [0.4, 0.5) is 11.4 Å². The van der Waals surface area contributed by atoms with Gasteiger partial charge in [-0.15, -0.1) is 0 Å². The molecule has 9 heteroatoms. The number of anilines is 2. The van der Waals surface area contributed by atoms with Crippen LogP contribution in [0.3, 0.4) is 0 Å². The van der Waals surface area contributed by atoms with Gasteiger partial charge in [-0.05, 0) is 55.0 Å². The maximum atomic E-state index is 12.3. The Morgan fingerprint density at radius 1 is 1.04 bits per heavy atom. The molecule has 2 amide bonds. The number of aryl methyl sites for hydroxylation is 1. The molecule has 0 atom stereocenters. The summed E-state index contributed by atoms with van der Waals surface area (Å²) in [4.78, 5) is 23.0. The third kappa shape index (κ3) is 6.35. The fraction of sp³-hybridized carbons (Fsp3) is 0.222. The van der Waals surface area contributed by atoms with Crippen LogP contribution < -0.4 is 15.4 Å². The zero-order valence-electron chi connectivity index (χ0n) is 14.9. The van der Waals surface area contributed by atoms with E-state index in [1.807, 2.05) is 6.92 Å². The Labute approximate surface area is 163 Å². The third-order valence-electron chi connectivity index (χ3n) is 3.59. The summed E-state index contributed by atoms with van der Waals surface area (Å²) in [5.74, 6) is -0.560. The van der Waals surface area contributed by atoms with Crippen molar-refractivity contribution in [2.75, 3.05) is 17.2 Å². The van der Waals surface area contributed by atoms with Crippen LogP contribution in [-0.4, -0.2) is 26.8 Å². The van der Waals surface area contributed by atoms with Crippen molar-refractivity contribution >= 4 is 44.8 Å². The first-order valence-electron chi connectivity index (χ1n) is 8.11. The molecule has 7 nitrogen and oxygen atoms in total. The highest BCUT2D eigenvalue weighted by atomic mass is 35.5. The summed E-state index contributed by atoms with van der Waals surface area (Å²) in [6.07, 6.45) is -0.0225. The lowest BCUT2D eigenvalue weighted by molar-refractivity contribution is -0.116. The van der Waals surface area contributed by atoms with Crippen LogP contribution >= 0.6 is 11.6 Å². The molecule has 27 heavy (non-hydrogen) atoms. The minimum absolute atomic E-state index is 0.0225.